The van der Waals surface area contributed by atoms with Gasteiger partial charge in [0, 0.05) is 26.6 Å². The molecule has 0 N–H and O–H groups in total. The van der Waals surface area contributed by atoms with Gasteiger partial charge in [0.05, 0.1) is 0 Å². The summed E-state index contributed by atoms with van der Waals surface area (Å²) in [6.45, 7) is 11.3. The molecule has 0 atom stereocenters. The summed E-state index contributed by atoms with van der Waals surface area (Å²) >= 11 is 0. The standard InChI is InChI=1S/C13H26O2/c1-12(2,3)9-11(14)10-13(4,5)7-8-15-6/h7-10H2,1-6H3. The molecule has 0 unspecified atom stereocenters. The van der Waals surface area contributed by atoms with Crippen molar-refractivity contribution in [2.75, 3.05) is 13.7 Å². The first-order valence-electron chi connectivity index (χ1n) is 5.67. The van der Waals surface area contributed by atoms with Crippen molar-refractivity contribution in [2.24, 2.45) is 10.8 Å². The van der Waals surface area contributed by atoms with Crippen molar-refractivity contribution in [3.8, 4) is 0 Å². The van der Waals surface area contributed by atoms with E-state index in [4.69, 9.17) is 4.74 Å². The van der Waals surface area contributed by atoms with Crippen LogP contribution in [-0.4, -0.2) is 19.5 Å². The molecule has 0 aliphatic rings. The van der Waals surface area contributed by atoms with Gasteiger partial charge in [0.15, 0.2) is 0 Å². The second-order valence-corrected chi connectivity index (χ2v) is 6.36. The minimum atomic E-state index is 0.0678. The number of Topliss-reactive ketones (excluding diaryl/α,β-unsaturated/α-hetero) is 1. The van der Waals surface area contributed by atoms with E-state index < -0.39 is 0 Å². The van der Waals surface area contributed by atoms with E-state index in [0.717, 1.165) is 13.0 Å². The molecule has 0 spiro atoms. The molecular weight excluding hydrogens is 188 g/mol. The van der Waals surface area contributed by atoms with Crippen LogP contribution < -0.4 is 0 Å². The molecule has 0 saturated heterocycles. The molecule has 0 bridgehead atoms. The molecule has 0 saturated carbocycles. The van der Waals surface area contributed by atoms with Crippen molar-refractivity contribution in [3.63, 3.8) is 0 Å². The Labute approximate surface area is 94.4 Å². The largest absolute Gasteiger partial charge is 0.385 e. The van der Waals surface area contributed by atoms with E-state index in [9.17, 15) is 4.79 Å². The summed E-state index contributed by atoms with van der Waals surface area (Å²) in [7, 11) is 1.70. The normalized spacial score (nSPS) is 12.9. The number of carbonyl (C=O) groups excluding carboxylic acids is 1. The Morgan fingerprint density at radius 2 is 1.60 bits per heavy atom. The zero-order chi connectivity index (χ0) is 12.1. The molecule has 0 rings (SSSR count). The van der Waals surface area contributed by atoms with E-state index in [1.54, 1.807) is 7.11 Å². The lowest BCUT2D eigenvalue weighted by Gasteiger charge is -2.25. The van der Waals surface area contributed by atoms with Crippen LogP contribution in [0.1, 0.15) is 53.9 Å². The fourth-order valence-electron chi connectivity index (χ4n) is 1.65. The fourth-order valence-corrected chi connectivity index (χ4v) is 1.65. The first-order chi connectivity index (χ1) is 6.66. The number of rotatable bonds is 6. The van der Waals surface area contributed by atoms with E-state index in [0.29, 0.717) is 18.6 Å². The molecule has 0 aliphatic carbocycles. The van der Waals surface area contributed by atoms with Crippen LogP contribution in [0.2, 0.25) is 0 Å². The van der Waals surface area contributed by atoms with Gasteiger partial charge in [-0.2, -0.15) is 0 Å². The van der Waals surface area contributed by atoms with Gasteiger partial charge in [-0.1, -0.05) is 34.6 Å². The number of hydrogen-bond donors (Lipinski definition) is 0. The molecule has 0 radical (unpaired) electrons. The molecule has 0 aromatic heterocycles. The minimum Gasteiger partial charge on any atom is -0.385 e. The summed E-state index contributed by atoms with van der Waals surface area (Å²) in [4.78, 5) is 11.8. The molecule has 2 nitrogen and oxygen atoms in total. The zero-order valence-electron chi connectivity index (χ0n) is 11.1. The molecule has 15 heavy (non-hydrogen) atoms. The summed E-state index contributed by atoms with van der Waals surface area (Å²) in [5, 5.41) is 0. The molecule has 0 aromatic carbocycles. The van der Waals surface area contributed by atoms with Crippen LogP contribution in [0, 0.1) is 10.8 Å². The van der Waals surface area contributed by atoms with Gasteiger partial charge in [0.1, 0.15) is 5.78 Å². The van der Waals surface area contributed by atoms with Crippen LogP contribution in [0.5, 0.6) is 0 Å². The third kappa shape index (κ3) is 8.61. The lowest BCUT2D eigenvalue weighted by atomic mass is 9.80. The number of ether oxygens (including phenoxy) is 1. The highest BCUT2D eigenvalue weighted by molar-refractivity contribution is 5.79. The average molecular weight is 214 g/mol. The molecule has 0 amide bonds. The maximum Gasteiger partial charge on any atom is 0.133 e. The van der Waals surface area contributed by atoms with Gasteiger partial charge >= 0.3 is 0 Å². The second-order valence-electron chi connectivity index (χ2n) is 6.36. The summed E-state index contributed by atoms with van der Waals surface area (Å²) in [6, 6.07) is 0. The maximum atomic E-state index is 11.8. The van der Waals surface area contributed by atoms with Crippen molar-refractivity contribution in [1.29, 1.82) is 0 Å². The number of ketones is 1. The van der Waals surface area contributed by atoms with Crippen LogP contribution in [0.3, 0.4) is 0 Å². The molecule has 0 aliphatic heterocycles. The zero-order valence-corrected chi connectivity index (χ0v) is 11.1. The van der Waals surface area contributed by atoms with Crippen LogP contribution in [0.25, 0.3) is 0 Å². The highest BCUT2D eigenvalue weighted by Crippen LogP contribution is 2.29. The van der Waals surface area contributed by atoms with Crippen molar-refractivity contribution in [1.82, 2.24) is 0 Å². The van der Waals surface area contributed by atoms with E-state index in [1.807, 2.05) is 0 Å². The monoisotopic (exact) mass is 214 g/mol. The lowest BCUT2D eigenvalue weighted by molar-refractivity contribution is -0.122. The molecule has 90 valence electrons. The van der Waals surface area contributed by atoms with Crippen molar-refractivity contribution < 1.29 is 9.53 Å². The average Bonchev–Trinajstić information content (AvgIpc) is 1.95. The predicted molar refractivity (Wildman–Crippen MR) is 64.0 cm³/mol. The predicted octanol–water partition coefficient (Wildman–Crippen LogP) is 3.44. The Bertz CT molecular complexity index is 199. The van der Waals surface area contributed by atoms with Crippen molar-refractivity contribution in [2.45, 2.75) is 53.9 Å². The van der Waals surface area contributed by atoms with Gasteiger partial charge in [-0.3, -0.25) is 4.79 Å². The SMILES string of the molecule is COCCC(C)(C)CC(=O)CC(C)(C)C. The molecular formula is C13H26O2. The third-order valence-corrected chi connectivity index (χ3v) is 2.39. The quantitative estimate of drug-likeness (QED) is 0.677. The van der Waals surface area contributed by atoms with Gasteiger partial charge in [0.25, 0.3) is 0 Å². The first-order valence-corrected chi connectivity index (χ1v) is 5.67. The van der Waals surface area contributed by atoms with Crippen molar-refractivity contribution in [3.05, 3.63) is 0 Å². The van der Waals surface area contributed by atoms with Gasteiger partial charge in [-0.05, 0) is 17.3 Å². The van der Waals surface area contributed by atoms with Gasteiger partial charge in [0.2, 0.25) is 0 Å². The highest BCUT2D eigenvalue weighted by Gasteiger charge is 2.24. The Morgan fingerprint density at radius 1 is 1.07 bits per heavy atom. The molecule has 0 fully saturated rings. The lowest BCUT2D eigenvalue weighted by Crippen LogP contribution is -2.22. The Hall–Kier alpha value is -0.370. The van der Waals surface area contributed by atoms with Crippen LogP contribution in [0.15, 0.2) is 0 Å². The van der Waals surface area contributed by atoms with Crippen LogP contribution in [0.4, 0.5) is 0 Å². The minimum absolute atomic E-state index is 0.0678. The summed E-state index contributed by atoms with van der Waals surface area (Å²) in [5.41, 5.74) is 0.173. The smallest absolute Gasteiger partial charge is 0.133 e. The van der Waals surface area contributed by atoms with E-state index in [2.05, 4.69) is 34.6 Å². The molecule has 0 aromatic rings. The fraction of sp³-hybridized carbons (Fsp3) is 0.923. The van der Waals surface area contributed by atoms with E-state index in [1.165, 1.54) is 0 Å². The van der Waals surface area contributed by atoms with E-state index >= 15 is 0 Å². The van der Waals surface area contributed by atoms with Crippen molar-refractivity contribution >= 4 is 5.78 Å². The molecule has 2 heteroatoms. The Balaban J connectivity index is 4.04. The third-order valence-electron chi connectivity index (χ3n) is 2.39. The number of methoxy groups -OCH3 is 1. The summed E-state index contributed by atoms with van der Waals surface area (Å²) in [6.07, 6.45) is 2.27. The number of hydrogen-bond acceptors (Lipinski definition) is 2. The second kappa shape index (κ2) is 5.64. The first kappa shape index (κ1) is 14.6. The Kier molecular flexibility index (Phi) is 5.50. The van der Waals surface area contributed by atoms with Crippen LogP contribution >= 0.6 is 0 Å². The van der Waals surface area contributed by atoms with E-state index in [-0.39, 0.29) is 10.8 Å². The van der Waals surface area contributed by atoms with Gasteiger partial charge in [-0.15, -0.1) is 0 Å². The topological polar surface area (TPSA) is 26.3 Å². The summed E-state index contributed by atoms with van der Waals surface area (Å²) < 4.78 is 5.05. The van der Waals surface area contributed by atoms with Crippen LogP contribution in [-0.2, 0) is 9.53 Å². The maximum absolute atomic E-state index is 11.8. The molecule has 0 heterocycles. The van der Waals surface area contributed by atoms with Gasteiger partial charge in [-0.25, -0.2) is 0 Å². The summed E-state index contributed by atoms with van der Waals surface area (Å²) in [5.74, 6) is 0.364. The number of carbonyl (C=O) groups is 1. The Morgan fingerprint density at radius 3 is 2.00 bits per heavy atom. The van der Waals surface area contributed by atoms with Gasteiger partial charge < -0.3 is 4.74 Å². The highest BCUT2D eigenvalue weighted by atomic mass is 16.5.